The van der Waals surface area contributed by atoms with Gasteiger partial charge in [-0.25, -0.2) is 0 Å². The molecule has 3 aromatic carbocycles. The predicted octanol–water partition coefficient (Wildman–Crippen LogP) is 5.32. The van der Waals surface area contributed by atoms with Gasteiger partial charge in [-0.2, -0.15) is 0 Å². The Bertz CT molecular complexity index is 1190. The van der Waals surface area contributed by atoms with E-state index in [-0.39, 0.29) is 17.8 Å². The van der Waals surface area contributed by atoms with Gasteiger partial charge in [0.2, 0.25) is 5.43 Å². The molecule has 0 unspecified atom stereocenters. The smallest absolute Gasteiger partial charge is 0.200 e. The average molecular weight is 416 g/mol. The monoisotopic (exact) mass is 415 g/mol. The van der Waals surface area contributed by atoms with E-state index >= 15 is 0 Å². The summed E-state index contributed by atoms with van der Waals surface area (Å²) in [6, 6.07) is 18.7. The number of benzene rings is 3. The van der Waals surface area contributed by atoms with E-state index in [1.807, 2.05) is 42.5 Å². The molecule has 0 bridgehead atoms. The Morgan fingerprint density at radius 1 is 1.00 bits per heavy atom. The van der Waals surface area contributed by atoms with Crippen LogP contribution in [0.4, 0.5) is 0 Å². The average Bonchev–Trinajstić information content (AvgIpc) is 2.70. The van der Waals surface area contributed by atoms with Gasteiger partial charge in [0.15, 0.2) is 5.58 Å². The lowest BCUT2D eigenvalue weighted by Gasteiger charge is -2.10. The van der Waals surface area contributed by atoms with Crippen LogP contribution in [-0.4, -0.2) is 7.11 Å². The number of para-hydroxylation sites is 2. The SMILES string of the molecule is COc1ccccc1CNCc1ccc2oc3c(Cl)cccc3c(=O)c2c1.Cl. The summed E-state index contributed by atoms with van der Waals surface area (Å²) in [4.78, 5) is 12.8. The minimum absolute atomic E-state index is 0. The van der Waals surface area contributed by atoms with Crippen LogP contribution in [-0.2, 0) is 13.1 Å². The Balaban J connectivity index is 0.00000225. The van der Waals surface area contributed by atoms with Crippen LogP contribution in [0.25, 0.3) is 21.9 Å². The predicted molar refractivity (Wildman–Crippen MR) is 116 cm³/mol. The van der Waals surface area contributed by atoms with Crippen molar-refractivity contribution in [1.29, 1.82) is 0 Å². The minimum atomic E-state index is -0.0691. The summed E-state index contributed by atoms with van der Waals surface area (Å²) in [5.74, 6) is 0.854. The van der Waals surface area contributed by atoms with Crippen molar-refractivity contribution in [2.75, 3.05) is 7.11 Å². The van der Waals surface area contributed by atoms with Gasteiger partial charge in [-0.3, -0.25) is 4.79 Å². The number of rotatable bonds is 5. The summed E-state index contributed by atoms with van der Waals surface area (Å²) in [5.41, 5.74) is 2.99. The van der Waals surface area contributed by atoms with Gasteiger partial charge in [0.05, 0.1) is 22.9 Å². The van der Waals surface area contributed by atoms with Crippen LogP contribution in [0.3, 0.4) is 0 Å². The van der Waals surface area contributed by atoms with Crippen LogP contribution in [0.2, 0.25) is 5.02 Å². The van der Waals surface area contributed by atoms with Crippen molar-refractivity contribution >= 4 is 45.9 Å². The topological polar surface area (TPSA) is 51.5 Å². The molecule has 0 radical (unpaired) electrons. The van der Waals surface area contributed by atoms with Gasteiger partial charge >= 0.3 is 0 Å². The number of hydrogen-bond donors (Lipinski definition) is 1. The van der Waals surface area contributed by atoms with Gasteiger partial charge in [-0.05, 0) is 35.9 Å². The maximum atomic E-state index is 12.8. The Kier molecular flexibility index (Phi) is 6.25. The molecule has 1 N–H and O–H groups in total. The number of halogens is 2. The van der Waals surface area contributed by atoms with Crippen LogP contribution in [0.15, 0.2) is 69.9 Å². The molecular weight excluding hydrogens is 397 g/mol. The highest BCUT2D eigenvalue weighted by molar-refractivity contribution is 6.34. The first kappa shape index (κ1) is 20.2. The quantitative estimate of drug-likeness (QED) is 0.448. The van der Waals surface area contributed by atoms with Gasteiger partial charge in [-0.15, -0.1) is 12.4 Å². The Morgan fingerprint density at radius 2 is 1.82 bits per heavy atom. The number of hydrogen-bond acceptors (Lipinski definition) is 4. The van der Waals surface area contributed by atoms with Gasteiger partial charge in [0.25, 0.3) is 0 Å². The molecule has 0 saturated heterocycles. The number of methoxy groups -OCH3 is 1. The van der Waals surface area contributed by atoms with Crippen LogP contribution >= 0.6 is 24.0 Å². The van der Waals surface area contributed by atoms with Crippen molar-refractivity contribution in [2.24, 2.45) is 0 Å². The molecule has 1 heterocycles. The zero-order valence-corrected chi connectivity index (χ0v) is 16.8. The first-order chi connectivity index (χ1) is 13.2. The fraction of sp³-hybridized carbons (Fsp3) is 0.136. The summed E-state index contributed by atoms with van der Waals surface area (Å²) in [6.07, 6.45) is 0. The summed E-state index contributed by atoms with van der Waals surface area (Å²) in [5, 5.41) is 4.88. The molecule has 0 aliphatic carbocycles. The van der Waals surface area contributed by atoms with Crippen molar-refractivity contribution in [1.82, 2.24) is 5.32 Å². The summed E-state index contributed by atoms with van der Waals surface area (Å²) >= 11 is 6.16. The molecule has 0 amide bonds. The molecule has 28 heavy (non-hydrogen) atoms. The molecular formula is C22H19Cl2NO3. The first-order valence-electron chi connectivity index (χ1n) is 8.64. The second-order valence-electron chi connectivity index (χ2n) is 6.29. The third kappa shape index (κ3) is 3.85. The molecule has 4 rings (SSSR count). The van der Waals surface area contributed by atoms with E-state index in [2.05, 4.69) is 5.32 Å². The molecule has 1 aromatic heterocycles. The van der Waals surface area contributed by atoms with Crippen molar-refractivity contribution in [3.8, 4) is 5.75 Å². The summed E-state index contributed by atoms with van der Waals surface area (Å²) in [7, 11) is 1.66. The van der Waals surface area contributed by atoms with E-state index in [9.17, 15) is 4.79 Å². The van der Waals surface area contributed by atoms with Crippen molar-refractivity contribution in [2.45, 2.75) is 13.1 Å². The van der Waals surface area contributed by atoms with Crippen molar-refractivity contribution < 1.29 is 9.15 Å². The molecule has 0 atom stereocenters. The maximum Gasteiger partial charge on any atom is 0.200 e. The van der Waals surface area contributed by atoms with Crippen LogP contribution in [0, 0.1) is 0 Å². The number of fused-ring (bicyclic) bond motifs is 2. The highest BCUT2D eigenvalue weighted by Gasteiger charge is 2.10. The molecule has 0 fully saturated rings. The molecule has 6 heteroatoms. The molecule has 0 saturated carbocycles. The van der Waals surface area contributed by atoms with Crippen LogP contribution < -0.4 is 15.5 Å². The van der Waals surface area contributed by atoms with Crippen molar-refractivity contribution in [3.63, 3.8) is 0 Å². The van der Waals surface area contributed by atoms with Gasteiger partial charge in [0, 0.05) is 18.7 Å². The largest absolute Gasteiger partial charge is 0.496 e. The van der Waals surface area contributed by atoms with Gasteiger partial charge in [-0.1, -0.05) is 41.9 Å². The second kappa shape index (κ2) is 8.65. The lowest BCUT2D eigenvalue weighted by atomic mass is 10.1. The second-order valence-corrected chi connectivity index (χ2v) is 6.70. The maximum absolute atomic E-state index is 12.8. The van der Waals surface area contributed by atoms with E-state index in [4.69, 9.17) is 20.8 Å². The van der Waals surface area contributed by atoms with E-state index in [1.54, 1.807) is 25.3 Å². The van der Waals surface area contributed by atoms with Gasteiger partial charge in [0.1, 0.15) is 11.3 Å². The zero-order valence-electron chi connectivity index (χ0n) is 15.2. The standard InChI is InChI=1S/C22H18ClNO3.ClH/c1-26-19-8-3-2-5-15(19)13-24-12-14-9-10-20-17(11-14)21(25)16-6-4-7-18(23)22(16)27-20;/h2-11,24H,12-13H2,1H3;1H. The van der Waals surface area contributed by atoms with Crippen LogP contribution in [0.5, 0.6) is 5.75 Å². The fourth-order valence-corrected chi connectivity index (χ4v) is 3.40. The van der Waals surface area contributed by atoms with Crippen molar-refractivity contribution in [3.05, 3.63) is 87.0 Å². The molecule has 0 spiro atoms. The molecule has 4 aromatic rings. The highest BCUT2D eigenvalue weighted by Crippen LogP contribution is 2.25. The Hall–Kier alpha value is -2.53. The molecule has 0 aliphatic rings. The minimum Gasteiger partial charge on any atom is -0.496 e. The fourth-order valence-electron chi connectivity index (χ4n) is 3.19. The third-order valence-corrected chi connectivity index (χ3v) is 4.85. The lowest BCUT2D eigenvalue weighted by Crippen LogP contribution is -2.13. The number of nitrogens with one attached hydrogen (secondary N) is 1. The van der Waals surface area contributed by atoms with E-state index in [0.29, 0.717) is 40.1 Å². The van der Waals surface area contributed by atoms with E-state index < -0.39 is 0 Å². The zero-order chi connectivity index (χ0) is 18.8. The Labute approximate surface area is 173 Å². The third-order valence-electron chi connectivity index (χ3n) is 4.55. The molecule has 144 valence electrons. The number of ether oxygens (including phenoxy) is 1. The molecule has 0 aliphatic heterocycles. The summed E-state index contributed by atoms with van der Waals surface area (Å²) in [6.45, 7) is 1.30. The van der Waals surface area contributed by atoms with Gasteiger partial charge < -0.3 is 14.5 Å². The van der Waals surface area contributed by atoms with E-state index in [0.717, 1.165) is 16.9 Å². The van der Waals surface area contributed by atoms with E-state index in [1.165, 1.54) is 0 Å². The lowest BCUT2D eigenvalue weighted by molar-refractivity contribution is 0.407. The Morgan fingerprint density at radius 3 is 2.64 bits per heavy atom. The summed E-state index contributed by atoms with van der Waals surface area (Å²) < 4.78 is 11.2. The highest BCUT2D eigenvalue weighted by atomic mass is 35.5. The van der Waals surface area contributed by atoms with Crippen LogP contribution in [0.1, 0.15) is 11.1 Å². The first-order valence-corrected chi connectivity index (χ1v) is 9.02. The molecule has 4 nitrogen and oxygen atoms in total. The normalized spacial score (nSPS) is 10.8.